The molecule has 0 radical (unpaired) electrons. The molecule has 0 amide bonds. The molecule has 3 N–H and O–H groups in total. The largest absolute Gasteiger partial charge is 0.392 e. The third kappa shape index (κ3) is 3.51. The van der Waals surface area contributed by atoms with Crippen LogP contribution in [0, 0.1) is 0 Å². The van der Waals surface area contributed by atoms with Gasteiger partial charge in [-0.1, -0.05) is 24.3 Å². The van der Waals surface area contributed by atoms with E-state index in [1.54, 1.807) is 0 Å². The molecular formula is C13H20N2O2. The zero-order valence-corrected chi connectivity index (χ0v) is 10.0. The van der Waals surface area contributed by atoms with E-state index in [9.17, 15) is 0 Å². The molecule has 0 aliphatic carbocycles. The number of nitrogens with zero attached hydrogens (tertiary/aromatic N) is 1. The van der Waals surface area contributed by atoms with Crippen LogP contribution in [0.1, 0.15) is 11.1 Å². The smallest absolute Gasteiger partial charge is 0.0824 e. The van der Waals surface area contributed by atoms with Crippen molar-refractivity contribution in [3.8, 4) is 0 Å². The van der Waals surface area contributed by atoms with E-state index >= 15 is 0 Å². The van der Waals surface area contributed by atoms with Gasteiger partial charge in [0.15, 0.2) is 0 Å². The van der Waals surface area contributed by atoms with Crippen molar-refractivity contribution < 1.29 is 9.84 Å². The first-order valence-electron chi connectivity index (χ1n) is 6.04. The van der Waals surface area contributed by atoms with Crippen molar-refractivity contribution in [1.82, 2.24) is 4.90 Å². The van der Waals surface area contributed by atoms with Gasteiger partial charge in [0.1, 0.15) is 0 Å². The molecule has 1 heterocycles. The highest BCUT2D eigenvalue weighted by Crippen LogP contribution is 2.11. The molecule has 1 atom stereocenters. The molecule has 1 aromatic carbocycles. The van der Waals surface area contributed by atoms with Crippen molar-refractivity contribution in [3.05, 3.63) is 35.4 Å². The molecule has 1 aromatic rings. The Morgan fingerprint density at radius 3 is 2.65 bits per heavy atom. The van der Waals surface area contributed by atoms with Gasteiger partial charge in [-0.2, -0.15) is 0 Å². The highest BCUT2D eigenvalue weighted by atomic mass is 16.5. The van der Waals surface area contributed by atoms with Crippen LogP contribution in [-0.4, -0.2) is 42.4 Å². The number of benzene rings is 1. The first-order valence-corrected chi connectivity index (χ1v) is 6.04. The Kier molecular flexibility index (Phi) is 4.50. The van der Waals surface area contributed by atoms with E-state index in [4.69, 9.17) is 15.6 Å². The fourth-order valence-corrected chi connectivity index (χ4v) is 2.07. The third-order valence-electron chi connectivity index (χ3n) is 3.10. The van der Waals surface area contributed by atoms with Crippen LogP contribution < -0.4 is 5.73 Å². The van der Waals surface area contributed by atoms with Gasteiger partial charge >= 0.3 is 0 Å². The average Bonchev–Trinajstić information content (AvgIpc) is 2.40. The Labute approximate surface area is 102 Å². The molecule has 4 nitrogen and oxygen atoms in total. The highest BCUT2D eigenvalue weighted by Gasteiger charge is 2.18. The Bertz CT molecular complexity index is 340. The summed E-state index contributed by atoms with van der Waals surface area (Å²) in [5.74, 6) is 0. The molecule has 0 spiro atoms. The first kappa shape index (κ1) is 12.5. The van der Waals surface area contributed by atoms with Gasteiger partial charge in [0.25, 0.3) is 0 Å². The number of nitrogens with two attached hydrogens (primary N) is 1. The highest BCUT2D eigenvalue weighted by molar-refractivity contribution is 5.21. The van der Waals surface area contributed by atoms with E-state index < -0.39 is 0 Å². The normalized spacial score (nSPS) is 21.6. The summed E-state index contributed by atoms with van der Waals surface area (Å²) in [6.45, 7) is 4.23. The lowest BCUT2D eigenvalue weighted by atomic mass is 10.1. The van der Waals surface area contributed by atoms with E-state index in [2.05, 4.69) is 17.0 Å². The molecule has 1 aliphatic heterocycles. The Morgan fingerprint density at radius 2 is 2.00 bits per heavy atom. The molecule has 17 heavy (non-hydrogen) atoms. The van der Waals surface area contributed by atoms with Crippen LogP contribution >= 0.6 is 0 Å². The van der Waals surface area contributed by atoms with Crippen molar-refractivity contribution in [2.45, 2.75) is 19.3 Å². The molecular weight excluding hydrogens is 216 g/mol. The van der Waals surface area contributed by atoms with E-state index in [0.717, 1.165) is 31.8 Å². The van der Waals surface area contributed by atoms with Crippen LogP contribution in [0.2, 0.25) is 0 Å². The molecule has 0 saturated carbocycles. The van der Waals surface area contributed by atoms with Crippen LogP contribution in [0.15, 0.2) is 24.3 Å². The summed E-state index contributed by atoms with van der Waals surface area (Å²) in [5.41, 5.74) is 7.84. The van der Waals surface area contributed by atoms with Gasteiger partial charge in [-0.15, -0.1) is 0 Å². The lowest BCUT2D eigenvalue weighted by molar-refractivity contribution is -0.0260. The SMILES string of the molecule is NCC1CN(Cc2ccc(CO)cc2)CCO1. The quantitative estimate of drug-likeness (QED) is 0.791. The minimum atomic E-state index is 0.104. The monoisotopic (exact) mass is 236 g/mol. The Balaban J connectivity index is 1.90. The van der Waals surface area contributed by atoms with Crippen molar-refractivity contribution in [3.63, 3.8) is 0 Å². The van der Waals surface area contributed by atoms with Crippen molar-refractivity contribution in [2.24, 2.45) is 5.73 Å². The topological polar surface area (TPSA) is 58.7 Å². The van der Waals surface area contributed by atoms with Gasteiger partial charge in [-0.3, -0.25) is 4.90 Å². The van der Waals surface area contributed by atoms with Crippen molar-refractivity contribution >= 4 is 0 Å². The van der Waals surface area contributed by atoms with Crippen LogP contribution in [0.3, 0.4) is 0 Å². The number of ether oxygens (including phenoxy) is 1. The predicted octanol–water partition coefficient (Wildman–Crippen LogP) is 0.338. The second kappa shape index (κ2) is 6.12. The molecule has 1 unspecified atom stereocenters. The van der Waals surface area contributed by atoms with E-state index in [1.807, 2.05) is 12.1 Å². The van der Waals surface area contributed by atoms with Gasteiger partial charge < -0.3 is 15.6 Å². The Hall–Kier alpha value is -0.940. The lowest BCUT2D eigenvalue weighted by Crippen LogP contribution is -2.45. The molecule has 1 fully saturated rings. The number of aliphatic hydroxyl groups is 1. The summed E-state index contributed by atoms with van der Waals surface area (Å²) in [7, 11) is 0. The zero-order chi connectivity index (χ0) is 12.1. The van der Waals surface area contributed by atoms with Gasteiger partial charge in [-0.05, 0) is 11.1 Å². The molecule has 2 rings (SSSR count). The summed E-state index contributed by atoms with van der Waals surface area (Å²) < 4.78 is 5.53. The molecule has 1 saturated heterocycles. The lowest BCUT2D eigenvalue weighted by Gasteiger charge is -2.32. The van der Waals surface area contributed by atoms with Crippen LogP contribution in [0.4, 0.5) is 0 Å². The summed E-state index contributed by atoms with van der Waals surface area (Å²) in [6, 6.07) is 8.07. The van der Waals surface area contributed by atoms with E-state index in [0.29, 0.717) is 6.54 Å². The number of aliphatic hydroxyl groups excluding tert-OH is 1. The maximum atomic E-state index is 8.98. The third-order valence-corrected chi connectivity index (χ3v) is 3.10. The standard InChI is InChI=1S/C13H20N2O2/c14-7-13-9-15(5-6-17-13)8-11-1-3-12(10-16)4-2-11/h1-4,13,16H,5-10,14H2. The minimum absolute atomic E-state index is 0.104. The fourth-order valence-electron chi connectivity index (χ4n) is 2.07. The predicted molar refractivity (Wildman–Crippen MR) is 66.4 cm³/mol. The Morgan fingerprint density at radius 1 is 1.29 bits per heavy atom. The second-order valence-corrected chi connectivity index (χ2v) is 4.44. The molecule has 0 aromatic heterocycles. The fraction of sp³-hybridized carbons (Fsp3) is 0.538. The molecule has 0 bridgehead atoms. The minimum Gasteiger partial charge on any atom is -0.392 e. The summed E-state index contributed by atoms with van der Waals surface area (Å²) in [5, 5.41) is 8.98. The number of rotatable bonds is 4. The zero-order valence-electron chi connectivity index (χ0n) is 10.0. The van der Waals surface area contributed by atoms with Crippen LogP contribution in [-0.2, 0) is 17.9 Å². The van der Waals surface area contributed by atoms with Gasteiger partial charge in [-0.25, -0.2) is 0 Å². The second-order valence-electron chi connectivity index (χ2n) is 4.44. The molecule has 94 valence electrons. The summed E-state index contributed by atoms with van der Waals surface area (Å²) in [4.78, 5) is 2.36. The molecule has 4 heteroatoms. The van der Waals surface area contributed by atoms with Crippen LogP contribution in [0.5, 0.6) is 0 Å². The van der Waals surface area contributed by atoms with Gasteiger partial charge in [0, 0.05) is 26.2 Å². The maximum Gasteiger partial charge on any atom is 0.0824 e. The average molecular weight is 236 g/mol. The first-order chi connectivity index (χ1) is 8.31. The number of morpholine rings is 1. The molecule has 1 aliphatic rings. The number of hydrogen-bond acceptors (Lipinski definition) is 4. The summed E-state index contributed by atoms with van der Waals surface area (Å²) in [6.07, 6.45) is 0.167. The maximum absolute atomic E-state index is 8.98. The van der Waals surface area contributed by atoms with E-state index in [-0.39, 0.29) is 12.7 Å². The van der Waals surface area contributed by atoms with Crippen LogP contribution in [0.25, 0.3) is 0 Å². The van der Waals surface area contributed by atoms with E-state index in [1.165, 1.54) is 5.56 Å². The van der Waals surface area contributed by atoms with Gasteiger partial charge in [0.05, 0.1) is 19.3 Å². The van der Waals surface area contributed by atoms with Gasteiger partial charge in [0.2, 0.25) is 0 Å². The number of hydrogen-bond donors (Lipinski definition) is 2. The summed E-state index contributed by atoms with van der Waals surface area (Å²) >= 11 is 0. The van der Waals surface area contributed by atoms with Crippen molar-refractivity contribution in [1.29, 1.82) is 0 Å². The van der Waals surface area contributed by atoms with Crippen molar-refractivity contribution in [2.75, 3.05) is 26.2 Å².